The fourth-order valence-corrected chi connectivity index (χ4v) is 6.74. The van der Waals surface area contributed by atoms with Gasteiger partial charge < -0.3 is 4.90 Å². The van der Waals surface area contributed by atoms with Crippen molar-refractivity contribution in [2.45, 2.75) is 232 Å². The van der Waals surface area contributed by atoms with Gasteiger partial charge in [0.1, 0.15) is 11.6 Å². The number of rotatable bonds is 38. The van der Waals surface area contributed by atoms with Gasteiger partial charge in [0, 0.05) is 25.2 Å². The molecular formula is C42H83NO2. The van der Waals surface area contributed by atoms with E-state index in [-0.39, 0.29) is 5.92 Å². The van der Waals surface area contributed by atoms with Crippen LogP contribution in [-0.2, 0) is 9.59 Å². The lowest BCUT2D eigenvalue weighted by atomic mass is 9.89. The first-order valence-electron chi connectivity index (χ1n) is 20.7. The average Bonchev–Trinajstić information content (AvgIpc) is 3.02. The molecule has 0 amide bonds. The van der Waals surface area contributed by atoms with Crippen LogP contribution in [0.4, 0.5) is 0 Å². The number of unbranched alkanes of at least 4 members (excludes halogenated alkanes) is 28. The monoisotopic (exact) mass is 634 g/mol. The van der Waals surface area contributed by atoms with Gasteiger partial charge >= 0.3 is 0 Å². The summed E-state index contributed by atoms with van der Waals surface area (Å²) in [6, 6.07) is 0. The molecule has 0 aliphatic rings. The Morgan fingerprint density at radius 2 is 0.711 bits per heavy atom. The molecule has 0 bridgehead atoms. The molecule has 0 aromatic carbocycles. The molecule has 0 saturated carbocycles. The molecule has 0 aliphatic carbocycles. The zero-order valence-electron chi connectivity index (χ0n) is 31.6. The lowest BCUT2D eigenvalue weighted by Gasteiger charge is -2.18. The van der Waals surface area contributed by atoms with Crippen molar-refractivity contribution in [2.24, 2.45) is 5.92 Å². The van der Waals surface area contributed by atoms with Gasteiger partial charge in [-0.3, -0.25) is 9.59 Å². The summed E-state index contributed by atoms with van der Waals surface area (Å²) in [6.45, 7) is 5.46. The fourth-order valence-electron chi connectivity index (χ4n) is 6.74. The van der Waals surface area contributed by atoms with Gasteiger partial charge in [-0.25, -0.2) is 0 Å². The minimum absolute atomic E-state index is 0.0668. The van der Waals surface area contributed by atoms with Crippen molar-refractivity contribution in [3.63, 3.8) is 0 Å². The predicted molar refractivity (Wildman–Crippen MR) is 200 cm³/mol. The lowest BCUT2D eigenvalue weighted by molar-refractivity contribution is -0.128. The molecule has 0 saturated heterocycles. The molecule has 0 radical (unpaired) electrons. The molecule has 1 unspecified atom stereocenters. The van der Waals surface area contributed by atoms with Crippen molar-refractivity contribution in [3.8, 4) is 0 Å². The molecule has 0 fully saturated rings. The normalized spacial score (nSPS) is 12.3. The van der Waals surface area contributed by atoms with Crippen molar-refractivity contribution in [3.05, 3.63) is 0 Å². The summed E-state index contributed by atoms with van der Waals surface area (Å²) in [4.78, 5) is 28.0. The number of ketones is 2. The molecule has 0 aliphatic heterocycles. The lowest BCUT2D eigenvalue weighted by Crippen LogP contribution is -2.24. The van der Waals surface area contributed by atoms with Crippen molar-refractivity contribution >= 4 is 11.6 Å². The van der Waals surface area contributed by atoms with E-state index in [2.05, 4.69) is 32.8 Å². The molecule has 0 heterocycles. The Labute approximate surface area is 284 Å². The van der Waals surface area contributed by atoms with Gasteiger partial charge in [-0.2, -0.15) is 0 Å². The van der Waals surface area contributed by atoms with Crippen LogP contribution < -0.4 is 0 Å². The molecule has 3 nitrogen and oxygen atoms in total. The minimum atomic E-state index is -0.0668. The van der Waals surface area contributed by atoms with Gasteiger partial charge in [-0.15, -0.1) is 0 Å². The van der Waals surface area contributed by atoms with Crippen molar-refractivity contribution in [1.29, 1.82) is 0 Å². The van der Waals surface area contributed by atoms with Gasteiger partial charge in [0.2, 0.25) is 0 Å². The highest BCUT2D eigenvalue weighted by atomic mass is 16.1. The maximum Gasteiger partial charge on any atom is 0.136 e. The van der Waals surface area contributed by atoms with Gasteiger partial charge in [0.25, 0.3) is 0 Å². The fraction of sp³-hybridized carbons (Fsp3) is 0.952. The second kappa shape index (κ2) is 36.1. The van der Waals surface area contributed by atoms with E-state index in [1.807, 2.05) is 0 Å². The van der Waals surface area contributed by atoms with E-state index < -0.39 is 0 Å². The van der Waals surface area contributed by atoms with E-state index in [4.69, 9.17) is 0 Å². The number of hydrogen-bond acceptors (Lipinski definition) is 3. The molecule has 0 aromatic rings. The first kappa shape index (κ1) is 44.3. The Balaban J connectivity index is 3.81. The third kappa shape index (κ3) is 34.5. The van der Waals surface area contributed by atoms with Crippen molar-refractivity contribution in [2.75, 3.05) is 20.6 Å². The topological polar surface area (TPSA) is 37.4 Å². The predicted octanol–water partition coefficient (Wildman–Crippen LogP) is 13.6. The van der Waals surface area contributed by atoms with Crippen LogP contribution >= 0.6 is 0 Å². The average molecular weight is 634 g/mol. The van der Waals surface area contributed by atoms with Gasteiger partial charge in [0.05, 0.1) is 0 Å². The van der Waals surface area contributed by atoms with Crippen LogP contribution in [0.1, 0.15) is 232 Å². The van der Waals surface area contributed by atoms with Crippen LogP contribution in [0.3, 0.4) is 0 Å². The van der Waals surface area contributed by atoms with E-state index >= 15 is 0 Å². The highest BCUT2D eigenvalue weighted by Gasteiger charge is 2.21. The van der Waals surface area contributed by atoms with Crippen molar-refractivity contribution in [1.82, 2.24) is 4.90 Å². The maximum absolute atomic E-state index is 13.1. The van der Waals surface area contributed by atoms with E-state index in [0.717, 1.165) is 32.2 Å². The molecule has 0 rings (SSSR count). The highest BCUT2D eigenvalue weighted by Crippen LogP contribution is 2.20. The van der Waals surface area contributed by atoms with E-state index in [1.54, 1.807) is 0 Å². The van der Waals surface area contributed by atoms with Gasteiger partial charge in [-0.05, 0) is 39.9 Å². The molecular weight excluding hydrogens is 550 g/mol. The standard InChI is InChI=1S/C42H83NO2/c1-5-7-9-11-13-15-17-19-21-23-25-27-29-31-33-35-41(44)39-40(37-38-43(3)4)42(45)36-34-32-30-28-26-24-22-20-18-16-14-12-10-8-6-2/h40H,5-39H2,1-4H3. The summed E-state index contributed by atoms with van der Waals surface area (Å²) in [5.74, 6) is 0.595. The molecule has 0 aromatic heterocycles. The zero-order chi connectivity index (χ0) is 33.1. The van der Waals surface area contributed by atoms with Crippen molar-refractivity contribution < 1.29 is 9.59 Å². The SMILES string of the molecule is CCCCCCCCCCCCCCCCCC(=O)CC(CCN(C)C)C(=O)CCCCCCCCCCCCCCCCC. The first-order chi connectivity index (χ1) is 22.0. The third-order valence-electron chi connectivity index (χ3n) is 9.94. The first-order valence-corrected chi connectivity index (χ1v) is 20.7. The molecule has 1 atom stereocenters. The van der Waals surface area contributed by atoms with E-state index in [9.17, 15) is 9.59 Å². The number of nitrogens with zero attached hydrogens (tertiary/aromatic N) is 1. The van der Waals surface area contributed by atoms with Crippen LogP contribution in [0.2, 0.25) is 0 Å². The van der Waals surface area contributed by atoms with Crippen LogP contribution in [0.5, 0.6) is 0 Å². The van der Waals surface area contributed by atoms with Crippen LogP contribution in [0.25, 0.3) is 0 Å². The Hall–Kier alpha value is -0.700. The Morgan fingerprint density at radius 1 is 0.422 bits per heavy atom. The summed E-state index contributed by atoms with van der Waals surface area (Å²) in [7, 11) is 4.13. The largest absolute Gasteiger partial charge is 0.309 e. The molecule has 45 heavy (non-hydrogen) atoms. The number of hydrogen-bond donors (Lipinski definition) is 0. The smallest absolute Gasteiger partial charge is 0.136 e. The molecule has 0 spiro atoms. The minimum Gasteiger partial charge on any atom is -0.309 e. The molecule has 3 heteroatoms. The maximum atomic E-state index is 13.1. The Morgan fingerprint density at radius 3 is 1.02 bits per heavy atom. The molecule has 268 valence electrons. The quantitative estimate of drug-likeness (QED) is 0.0635. The zero-order valence-corrected chi connectivity index (χ0v) is 31.6. The highest BCUT2D eigenvalue weighted by molar-refractivity contribution is 5.87. The summed E-state index contributed by atoms with van der Waals surface area (Å²) in [5.41, 5.74) is 0. The van der Waals surface area contributed by atoms with Gasteiger partial charge in [-0.1, -0.05) is 194 Å². The second-order valence-corrected chi connectivity index (χ2v) is 14.9. The summed E-state index contributed by atoms with van der Waals surface area (Å²) < 4.78 is 0. The molecule has 0 N–H and O–H groups in total. The second-order valence-electron chi connectivity index (χ2n) is 14.9. The number of carbonyl (C=O) groups is 2. The third-order valence-corrected chi connectivity index (χ3v) is 9.94. The Kier molecular flexibility index (Phi) is 35.6. The van der Waals surface area contributed by atoms with Gasteiger partial charge in [0.15, 0.2) is 0 Å². The summed E-state index contributed by atoms with van der Waals surface area (Å²) >= 11 is 0. The number of carbonyl (C=O) groups excluding carboxylic acids is 2. The summed E-state index contributed by atoms with van der Waals surface area (Å²) in [6.07, 6.45) is 43.0. The van der Waals surface area contributed by atoms with E-state index in [1.165, 1.54) is 173 Å². The van der Waals surface area contributed by atoms with Crippen LogP contribution in [0.15, 0.2) is 0 Å². The summed E-state index contributed by atoms with van der Waals surface area (Å²) in [5, 5.41) is 0. The van der Waals surface area contributed by atoms with Crippen LogP contribution in [0, 0.1) is 5.92 Å². The van der Waals surface area contributed by atoms with Crippen LogP contribution in [-0.4, -0.2) is 37.1 Å². The Bertz CT molecular complexity index is 616. The van der Waals surface area contributed by atoms with E-state index in [0.29, 0.717) is 30.8 Å². The number of Topliss-reactive ketones (excluding diaryl/α,β-unsaturated/α-hetero) is 2.